The maximum absolute atomic E-state index is 12.7. The normalized spacial score (nSPS) is 17.3. The highest BCUT2D eigenvalue weighted by atomic mass is 19.4. The van der Waals surface area contributed by atoms with E-state index in [1.807, 2.05) is 18.2 Å². The Morgan fingerprint density at radius 3 is 2.66 bits per heavy atom. The lowest BCUT2D eigenvalue weighted by Gasteiger charge is -2.33. The Labute approximate surface area is 165 Å². The molecular weight excluding hydrogens is 383 g/mol. The number of carbonyl (C=O) groups is 1. The van der Waals surface area contributed by atoms with Gasteiger partial charge >= 0.3 is 12.2 Å². The van der Waals surface area contributed by atoms with Crippen LogP contribution in [0.2, 0.25) is 0 Å². The first-order valence-corrected chi connectivity index (χ1v) is 9.31. The van der Waals surface area contributed by atoms with E-state index in [4.69, 9.17) is 0 Å². The molecule has 1 aromatic heterocycles. The molecule has 2 amide bonds. The van der Waals surface area contributed by atoms with Crippen molar-refractivity contribution in [2.75, 3.05) is 23.7 Å². The number of fused-ring (bicyclic) bond motifs is 1. The highest BCUT2D eigenvalue weighted by Crippen LogP contribution is 2.30. The molecule has 1 saturated heterocycles. The lowest BCUT2D eigenvalue weighted by Crippen LogP contribution is -2.46. The molecule has 1 unspecified atom stereocenters. The maximum atomic E-state index is 12.7. The van der Waals surface area contributed by atoms with Crippen LogP contribution < -0.4 is 10.6 Å². The molecule has 2 aromatic carbocycles. The molecule has 2 heterocycles. The SMILES string of the molecule is O=C(Nc1ccc(C(F)(F)F)cc1)N1CCCC(Nc2ccc3[nH]ncc3c2)C1. The summed E-state index contributed by atoms with van der Waals surface area (Å²) >= 11 is 0. The van der Waals surface area contributed by atoms with Crippen LogP contribution in [0.3, 0.4) is 0 Å². The van der Waals surface area contributed by atoms with Gasteiger partial charge in [-0.2, -0.15) is 18.3 Å². The summed E-state index contributed by atoms with van der Waals surface area (Å²) in [6.45, 7) is 1.11. The monoisotopic (exact) mass is 403 g/mol. The fraction of sp³-hybridized carbons (Fsp3) is 0.300. The molecule has 1 fully saturated rings. The molecule has 4 rings (SSSR count). The molecule has 3 aromatic rings. The molecular formula is C20H20F3N5O. The lowest BCUT2D eigenvalue weighted by atomic mass is 10.1. The minimum absolute atomic E-state index is 0.0893. The summed E-state index contributed by atoms with van der Waals surface area (Å²) in [7, 11) is 0. The van der Waals surface area contributed by atoms with Crippen molar-refractivity contribution < 1.29 is 18.0 Å². The van der Waals surface area contributed by atoms with Crippen LogP contribution in [0.4, 0.5) is 29.3 Å². The molecule has 29 heavy (non-hydrogen) atoms. The topological polar surface area (TPSA) is 73.1 Å². The number of hydrogen-bond donors (Lipinski definition) is 3. The number of urea groups is 1. The van der Waals surface area contributed by atoms with Gasteiger partial charge < -0.3 is 15.5 Å². The number of amides is 2. The second-order valence-corrected chi connectivity index (χ2v) is 7.11. The number of aromatic nitrogens is 2. The molecule has 1 atom stereocenters. The second kappa shape index (κ2) is 7.65. The average Bonchev–Trinajstić information content (AvgIpc) is 3.16. The van der Waals surface area contributed by atoms with Crippen LogP contribution in [0.15, 0.2) is 48.7 Å². The van der Waals surface area contributed by atoms with Gasteiger partial charge in [-0.3, -0.25) is 5.10 Å². The van der Waals surface area contributed by atoms with Gasteiger partial charge in [0.1, 0.15) is 0 Å². The molecule has 152 valence electrons. The van der Waals surface area contributed by atoms with Crippen molar-refractivity contribution in [2.24, 2.45) is 0 Å². The number of benzene rings is 2. The molecule has 0 bridgehead atoms. The summed E-state index contributed by atoms with van der Waals surface area (Å²) in [6.07, 6.45) is -0.876. The van der Waals surface area contributed by atoms with Gasteiger partial charge in [-0.05, 0) is 55.3 Å². The van der Waals surface area contributed by atoms with E-state index in [1.165, 1.54) is 12.1 Å². The standard InChI is InChI=1S/C20H20F3N5O/c21-20(22,23)14-3-5-15(6-4-14)26-19(29)28-9-1-2-17(12-28)25-16-7-8-18-13(10-16)11-24-27-18/h3-8,10-11,17,25H,1-2,9,12H2,(H,24,27)(H,26,29). The van der Waals surface area contributed by atoms with E-state index < -0.39 is 11.7 Å². The number of nitrogens with zero attached hydrogens (tertiary/aromatic N) is 2. The largest absolute Gasteiger partial charge is 0.416 e. The third kappa shape index (κ3) is 4.44. The summed E-state index contributed by atoms with van der Waals surface area (Å²) in [4.78, 5) is 14.2. The van der Waals surface area contributed by atoms with Crippen LogP contribution in [0.1, 0.15) is 18.4 Å². The first-order chi connectivity index (χ1) is 13.9. The molecule has 0 saturated carbocycles. The third-order valence-corrected chi connectivity index (χ3v) is 4.98. The van der Waals surface area contributed by atoms with Crippen LogP contribution in [-0.2, 0) is 6.18 Å². The van der Waals surface area contributed by atoms with Crippen LogP contribution in [0.25, 0.3) is 10.9 Å². The van der Waals surface area contributed by atoms with E-state index in [-0.39, 0.29) is 12.1 Å². The van der Waals surface area contributed by atoms with Gasteiger partial charge in [0.15, 0.2) is 0 Å². The minimum atomic E-state index is -4.40. The predicted molar refractivity (Wildman–Crippen MR) is 105 cm³/mol. The number of likely N-dealkylation sites (tertiary alicyclic amines) is 1. The number of piperidine rings is 1. The zero-order valence-corrected chi connectivity index (χ0v) is 15.5. The molecule has 1 aliphatic rings. The Kier molecular flexibility index (Phi) is 5.04. The molecule has 1 aliphatic heterocycles. The van der Waals surface area contributed by atoms with Crippen LogP contribution in [0, 0.1) is 0 Å². The Balaban J connectivity index is 1.36. The van der Waals surface area contributed by atoms with Crippen molar-refractivity contribution in [3.05, 3.63) is 54.2 Å². The van der Waals surface area contributed by atoms with Crippen molar-refractivity contribution in [3.8, 4) is 0 Å². The number of nitrogens with one attached hydrogen (secondary N) is 3. The molecule has 9 heteroatoms. The maximum Gasteiger partial charge on any atom is 0.416 e. The quantitative estimate of drug-likeness (QED) is 0.594. The van der Waals surface area contributed by atoms with Crippen molar-refractivity contribution >= 4 is 28.3 Å². The second-order valence-electron chi connectivity index (χ2n) is 7.11. The first kappa shape index (κ1) is 19.1. The molecule has 3 N–H and O–H groups in total. The number of halogens is 3. The summed E-state index contributed by atoms with van der Waals surface area (Å²) < 4.78 is 38.0. The zero-order valence-electron chi connectivity index (χ0n) is 15.5. The molecule has 0 radical (unpaired) electrons. The Bertz CT molecular complexity index is 999. The summed E-state index contributed by atoms with van der Waals surface area (Å²) in [5.74, 6) is 0. The first-order valence-electron chi connectivity index (χ1n) is 9.31. The zero-order chi connectivity index (χ0) is 20.4. The number of anilines is 2. The van der Waals surface area contributed by atoms with E-state index in [0.29, 0.717) is 18.8 Å². The van der Waals surface area contributed by atoms with Crippen molar-refractivity contribution in [1.29, 1.82) is 0 Å². The van der Waals surface area contributed by atoms with E-state index in [2.05, 4.69) is 20.8 Å². The third-order valence-electron chi connectivity index (χ3n) is 4.98. The van der Waals surface area contributed by atoms with Gasteiger partial charge in [0.25, 0.3) is 0 Å². The van der Waals surface area contributed by atoms with Gasteiger partial charge in [-0.25, -0.2) is 4.79 Å². The van der Waals surface area contributed by atoms with Crippen LogP contribution in [0.5, 0.6) is 0 Å². The van der Waals surface area contributed by atoms with Gasteiger partial charge in [0.05, 0.1) is 17.3 Å². The van der Waals surface area contributed by atoms with Gasteiger partial charge in [0.2, 0.25) is 0 Å². The smallest absolute Gasteiger partial charge is 0.381 e. The summed E-state index contributed by atoms with van der Waals surface area (Å²) in [6, 6.07) is 10.1. The van der Waals surface area contributed by atoms with Crippen molar-refractivity contribution in [1.82, 2.24) is 15.1 Å². The number of H-pyrrole nitrogens is 1. The number of carbonyl (C=O) groups excluding carboxylic acids is 1. The number of rotatable bonds is 3. The van der Waals surface area contributed by atoms with E-state index in [9.17, 15) is 18.0 Å². The van der Waals surface area contributed by atoms with Crippen LogP contribution in [-0.4, -0.2) is 40.3 Å². The lowest BCUT2D eigenvalue weighted by molar-refractivity contribution is -0.137. The molecule has 6 nitrogen and oxygen atoms in total. The van der Waals surface area contributed by atoms with E-state index in [1.54, 1.807) is 11.1 Å². The van der Waals surface area contributed by atoms with E-state index in [0.717, 1.165) is 41.6 Å². The number of aromatic amines is 1. The Morgan fingerprint density at radius 2 is 1.90 bits per heavy atom. The highest BCUT2D eigenvalue weighted by Gasteiger charge is 2.30. The van der Waals surface area contributed by atoms with Crippen molar-refractivity contribution in [2.45, 2.75) is 25.1 Å². The summed E-state index contributed by atoms with van der Waals surface area (Å²) in [5.41, 5.74) is 1.50. The Morgan fingerprint density at radius 1 is 1.14 bits per heavy atom. The summed E-state index contributed by atoms with van der Waals surface area (Å²) in [5, 5.41) is 14.0. The van der Waals surface area contributed by atoms with Crippen molar-refractivity contribution in [3.63, 3.8) is 0 Å². The fourth-order valence-corrected chi connectivity index (χ4v) is 3.49. The Hall–Kier alpha value is -3.23. The fourth-order valence-electron chi connectivity index (χ4n) is 3.49. The average molecular weight is 403 g/mol. The number of alkyl halides is 3. The van der Waals surface area contributed by atoms with Gasteiger partial charge in [-0.1, -0.05) is 0 Å². The number of hydrogen-bond acceptors (Lipinski definition) is 3. The highest BCUT2D eigenvalue weighted by molar-refractivity contribution is 5.89. The van der Waals surface area contributed by atoms with Gasteiger partial charge in [-0.15, -0.1) is 0 Å². The van der Waals surface area contributed by atoms with Crippen LogP contribution >= 0.6 is 0 Å². The van der Waals surface area contributed by atoms with E-state index >= 15 is 0 Å². The minimum Gasteiger partial charge on any atom is -0.381 e. The van der Waals surface area contributed by atoms with Gasteiger partial charge in [0, 0.05) is 35.9 Å². The molecule has 0 spiro atoms. The predicted octanol–water partition coefficient (Wildman–Crippen LogP) is 4.69. The molecule has 0 aliphatic carbocycles.